The Hall–Kier alpha value is -1.71. The number of carbonyl (C=O) groups is 1. The lowest BCUT2D eigenvalue weighted by Gasteiger charge is -2.31. The van der Waals surface area contributed by atoms with E-state index >= 15 is 0 Å². The second-order valence-electron chi connectivity index (χ2n) is 6.45. The number of hydrogen-bond acceptors (Lipinski definition) is 6. The third-order valence-electron chi connectivity index (χ3n) is 4.57. The Kier molecular flexibility index (Phi) is 4.38. The molecule has 4 rings (SSSR count). The maximum absolute atomic E-state index is 12.7. The van der Waals surface area contributed by atoms with Crippen molar-refractivity contribution < 1.29 is 17.6 Å². The molecule has 134 valence electrons. The summed E-state index contributed by atoms with van der Waals surface area (Å²) >= 11 is 1.21. The highest BCUT2D eigenvalue weighted by Gasteiger charge is 2.35. The van der Waals surface area contributed by atoms with E-state index in [9.17, 15) is 13.2 Å². The van der Waals surface area contributed by atoms with Crippen LogP contribution < -0.4 is 5.32 Å². The second-order valence-corrected chi connectivity index (χ2v) is 9.56. The number of aromatic nitrogens is 1. The number of nitrogens with one attached hydrogen (secondary N) is 1. The van der Waals surface area contributed by atoms with Gasteiger partial charge in [-0.25, -0.2) is 13.4 Å². The fraction of sp³-hybridized carbons (Fsp3) is 0.500. The number of hydrogen-bond donors (Lipinski definition) is 1. The Morgan fingerprint density at radius 2 is 2.20 bits per heavy atom. The first kappa shape index (κ1) is 16.7. The predicted molar refractivity (Wildman–Crippen MR) is 92.0 cm³/mol. The van der Waals surface area contributed by atoms with Gasteiger partial charge in [0.2, 0.25) is 5.76 Å². The standard InChI is InChI=1S/C16H19N3O4S2/c20-16(15-14(11-5-6-11)17-10-23-15)18-12-3-1-7-19(9-12)25(21,22)13-4-2-8-24-13/h2,4,8,10-12H,1,3,5-7,9H2,(H,18,20)/t12-/m1/s1. The summed E-state index contributed by atoms with van der Waals surface area (Å²) < 4.78 is 32.4. The van der Waals surface area contributed by atoms with Crippen LogP contribution >= 0.6 is 11.3 Å². The summed E-state index contributed by atoms with van der Waals surface area (Å²) in [5.41, 5.74) is 0.719. The van der Waals surface area contributed by atoms with Crippen molar-refractivity contribution in [3.63, 3.8) is 0 Å². The fourth-order valence-corrected chi connectivity index (χ4v) is 5.81. The lowest BCUT2D eigenvalue weighted by molar-refractivity contribution is 0.0892. The molecule has 0 bridgehead atoms. The summed E-state index contributed by atoms with van der Waals surface area (Å²) in [6.45, 7) is 0.751. The first-order chi connectivity index (χ1) is 12.1. The molecule has 9 heteroatoms. The quantitative estimate of drug-likeness (QED) is 0.857. The van der Waals surface area contributed by atoms with E-state index in [0.717, 1.165) is 25.0 Å². The normalized spacial score (nSPS) is 22.0. The van der Waals surface area contributed by atoms with Gasteiger partial charge in [-0.2, -0.15) is 4.31 Å². The summed E-state index contributed by atoms with van der Waals surface area (Å²) in [6, 6.07) is 3.11. The van der Waals surface area contributed by atoms with E-state index < -0.39 is 10.0 Å². The van der Waals surface area contributed by atoms with Gasteiger partial charge >= 0.3 is 0 Å². The van der Waals surface area contributed by atoms with Crippen LogP contribution in [0, 0.1) is 0 Å². The molecular formula is C16H19N3O4S2. The van der Waals surface area contributed by atoms with Crippen molar-refractivity contribution in [1.29, 1.82) is 0 Å². The SMILES string of the molecule is O=C(N[C@@H]1CCCN(S(=O)(=O)c2cccs2)C1)c1ocnc1C1CC1. The van der Waals surface area contributed by atoms with E-state index in [-0.39, 0.29) is 24.3 Å². The average molecular weight is 381 g/mol. The van der Waals surface area contributed by atoms with Crippen LogP contribution in [0.15, 0.2) is 32.5 Å². The molecule has 0 unspecified atom stereocenters. The molecule has 0 aromatic carbocycles. The third kappa shape index (κ3) is 3.36. The van der Waals surface area contributed by atoms with Gasteiger partial charge in [-0.3, -0.25) is 4.79 Å². The summed E-state index contributed by atoms with van der Waals surface area (Å²) in [4.78, 5) is 16.6. The zero-order valence-corrected chi connectivity index (χ0v) is 15.2. The van der Waals surface area contributed by atoms with Gasteiger partial charge in [-0.15, -0.1) is 11.3 Å². The minimum absolute atomic E-state index is 0.229. The van der Waals surface area contributed by atoms with Crippen LogP contribution in [0.2, 0.25) is 0 Å². The lowest BCUT2D eigenvalue weighted by atomic mass is 10.1. The number of rotatable bonds is 5. The van der Waals surface area contributed by atoms with E-state index in [2.05, 4.69) is 10.3 Å². The molecule has 0 spiro atoms. The highest BCUT2D eigenvalue weighted by Crippen LogP contribution is 2.40. The number of sulfonamides is 1. The van der Waals surface area contributed by atoms with Crippen LogP contribution in [-0.2, 0) is 10.0 Å². The fourth-order valence-electron chi connectivity index (χ4n) is 3.14. The average Bonchev–Trinajstić information content (AvgIpc) is 3.11. The predicted octanol–water partition coefficient (Wildman–Crippen LogP) is 2.20. The number of piperidine rings is 1. The van der Waals surface area contributed by atoms with E-state index in [4.69, 9.17) is 4.42 Å². The maximum Gasteiger partial charge on any atom is 0.289 e. The van der Waals surface area contributed by atoms with Gasteiger partial charge in [0, 0.05) is 25.0 Å². The van der Waals surface area contributed by atoms with Crippen LogP contribution in [0.1, 0.15) is 47.8 Å². The molecule has 25 heavy (non-hydrogen) atoms. The van der Waals surface area contributed by atoms with Crippen molar-refractivity contribution in [2.24, 2.45) is 0 Å². The Bertz CT molecular complexity index is 856. The van der Waals surface area contributed by atoms with E-state index in [1.807, 2.05) is 0 Å². The van der Waals surface area contributed by atoms with E-state index in [1.165, 1.54) is 22.0 Å². The van der Waals surface area contributed by atoms with Crippen molar-refractivity contribution >= 4 is 27.3 Å². The van der Waals surface area contributed by atoms with Crippen molar-refractivity contribution in [3.05, 3.63) is 35.4 Å². The van der Waals surface area contributed by atoms with Crippen LogP contribution in [0.4, 0.5) is 0 Å². The van der Waals surface area contributed by atoms with Crippen LogP contribution in [0.25, 0.3) is 0 Å². The Labute approximate surface area is 150 Å². The van der Waals surface area contributed by atoms with Crippen LogP contribution in [-0.4, -0.2) is 42.7 Å². The molecule has 2 aromatic heterocycles. The minimum Gasteiger partial charge on any atom is -0.438 e. The molecular weight excluding hydrogens is 362 g/mol. The first-order valence-electron chi connectivity index (χ1n) is 8.33. The first-order valence-corrected chi connectivity index (χ1v) is 10.7. The molecule has 1 saturated heterocycles. The van der Waals surface area contributed by atoms with Gasteiger partial charge in [0.15, 0.2) is 6.39 Å². The number of thiophene rings is 1. The molecule has 3 heterocycles. The molecule has 1 N–H and O–H groups in total. The number of amides is 1. The number of carbonyl (C=O) groups excluding carboxylic acids is 1. The Morgan fingerprint density at radius 1 is 1.36 bits per heavy atom. The molecule has 1 amide bonds. The summed E-state index contributed by atoms with van der Waals surface area (Å²) in [5, 5.41) is 4.67. The maximum atomic E-state index is 12.7. The minimum atomic E-state index is -3.49. The van der Waals surface area contributed by atoms with Gasteiger partial charge in [0.25, 0.3) is 15.9 Å². The van der Waals surface area contributed by atoms with Gasteiger partial charge in [0.05, 0.1) is 5.69 Å². The van der Waals surface area contributed by atoms with Crippen molar-refractivity contribution in [2.45, 2.75) is 41.9 Å². The lowest BCUT2D eigenvalue weighted by Crippen LogP contribution is -2.49. The van der Waals surface area contributed by atoms with Crippen LogP contribution in [0.5, 0.6) is 0 Å². The number of oxazole rings is 1. The molecule has 2 aromatic rings. The smallest absolute Gasteiger partial charge is 0.289 e. The van der Waals surface area contributed by atoms with E-state index in [0.29, 0.717) is 23.1 Å². The molecule has 1 saturated carbocycles. The molecule has 1 aliphatic heterocycles. The topological polar surface area (TPSA) is 92.5 Å². The van der Waals surface area contributed by atoms with Crippen molar-refractivity contribution in [2.75, 3.05) is 13.1 Å². The molecule has 1 atom stereocenters. The van der Waals surface area contributed by atoms with Gasteiger partial charge in [-0.1, -0.05) is 6.07 Å². The van der Waals surface area contributed by atoms with Gasteiger partial charge in [-0.05, 0) is 37.1 Å². The van der Waals surface area contributed by atoms with Gasteiger partial charge < -0.3 is 9.73 Å². The monoisotopic (exact) mass is 381 g/mol. The molecule has 2 aliphatic rings. The molecule has 7 nitrogen and oxygen atoms in total. The molecule has 2 fully saturated rings. The van der Waals surface area contributed by atoms with Gasteiger partial charge in [0.1, 0.15) is 4.21 Å². The summed E-state index contributed by atoms with van der Waals surface area (Å²) in [6.07, 6.45) is 4.82. The highest BCUT2D eigenvalue weighted by molar-refractivity contribution is 7.91. The summed E-state index contributed by atoms with van der Waals surface area (Å²) in [5.74, 6) is 0.280. The number of nitrogens with zero attached hydrogens (tertiary/aromatic N) is 2. The second kappa shape index (κ2) is 6.54. The molecule has 0 radical (unpaired) electrons. The zero-order chi connectivity index (χ0) is 17.4. The van der Waals surface area contributed by atoms with E-state index in [1.54, 1.807) is 17.5 Å². The Morgan fingerprint density at radius 3 is 2.92 bits per heavy atom. The zero-order valence-electron chi connectivity index (χ0n) is 13.6. The Balaban J connectivity index is 1.45. The van der Waals surface area contributed by atoms with Crippen molar-refractivity contribution in [1.82, 2.24) is 14.6 Å². The largest absolute Gasteiger partial charge is 0.438 e. The molecule has 1 aliphatic carbocycles. The highest BCUT2D eigenvalue weighted by atomic mass is 32.2. The third-order valence-corrected chi connectivity index (χ3v) is 7.81. The van der Waals surface area contributed by atoms with Crippen molar-refractivity contribution in [3.8, 4) is 0 Å². The summed E-state index contributed by atoms with van der Waals surface area (Å²) in [7, 11) is -3.49. The van der Waals surface area contributed by atoms with Crippen LogP contribution in [0.3, 0.4) is 0 Å².